The molecule has 0 aliphatic rings. The normalized spacial score (nSPS) is 12.1. The summed E-state index contributed by atoms with van der Waals surface area (Å²) in [7, 11) is 0. The third kappa shape index (κ3) is 2.79. The van der Waals surface area contributed by atoms with E-state index in [0.29, 0.717) is 5.56 Å². The first-order valence-electron chi connectivity index (χ1n) is 6.21. The summed E-state index contributed by atoms with van der Waals surface area (Å²) < 4.78 is 66.1. The number of benzene rings is 2. The van der Waals surface area contributed by atoms with E-state index >= 15 is 0 Å². The van der Waals surface area contributed by atoms with Gasteiger partial charge in [-0.3, -0.25) is 4.79 Å². The van der Waals surface area contributed by atoms with Crippen molar-refractivity contribution in [3.63, 3.8) is 0 Å². The first-order chi connectivity index (χ1) is 10.3. The van der Waals surface area contributed by atoms with Gasteiger partial charge in [0.2, 0.25) is 5.82 Å². The second kappa shape index (κ2) is 6.13. The maximum atomic E-state index is 13.5. The zero-order valence-corrected chi connectivity index (χ0v) is 11.3. The van der Waals surface area contributed by atoms with Crippen molar-refractivity contribution >= 4 is 5.91 Å². The van der Waals surface area contributed by atoms with Crippen molar-refractivity contribution in [2.75, 3.05) is 0 Å². The van der Waals surface area contributed by atoms with Crippen LogP contribution < -0.4 is 5.32 Å². The molecule has 0 heterocycles. The van der Waals surface area contributed by atoms with Crippen molar-refractivity contribution in [3.8, 4) is 0 Å². The molecule has 0 aliphatic carbocycles. The molecule has 0 aliphatic heterocycles. The molecule has 0 aromatic heterocycles. The first kappa shape index (κ1) is 15.9. The van der Waals surface area contributed by atoms with Gasteiger partial charge in [0.25, 0.3) is 5.91 Å². The number of hydrogen-bond acceptors (Lipinski definition) is 1. The Morgan fingerprint density at radius 1 is 0.864 bits per heavy atom. The predicted octanol–water partition coefficient (Wildman–Crippen LogP) is 3.87. The average Bonchev–Trinajstić information content (AvgIpc) is 2.52. The third-order valence-corrected chi connectivity index (χ3v) is 3.08. The zero-order valence-electron chi connectivity index (χ0n) is 11.3. The number of rotatable bonds is 3. The molecular weight excluding hydrogens is 305 g/mol. The van der Waals surface area contributed by atoms with Crippen LogP contribution in [0.4, 0.5) is 22.0 Å². The van der Waals surface area contributed by atoms with Crippen LogP contribution in [0.3, 0.4) is 0 Å². The average molecular weight is 315 g/mol. The molecular formula is C15H10F5NO. The van der Waals surface area contributed by atoms with Gasteiger partial charge in [0, 0.05) is 0 Å². The van der Waals surface area contributed by atoms with Crippen molar-refractivity contribution in [2.24, 2.45) is 0 Å². The molecule has 1 N–H and O–H groups in total. The van der Waals surface area contributed by atoms with Crippen LogP contribution in [0.25, 0.3) is 0 Å². The van der Waals surface area contributed by atoms with Crippen LogP contribution in [0, 0.1) is 29.1 Å². The molecule has 1 unspecified atom stereocenters. The summed E-state index contributed by atoms with van der Waals surface area (Å²) in [6.45, 7) is 1.51. The van der Waals surface area contributed by atoms with Gasteiger partial charge in [-0.15, -0.1) is 0 Å². The minimum Gasteiger partial charge on any atom is -0.345 e. The fraction of sp³-hybridized carbons (Fsp3) is 0.133. The molecule has 0 radical (unpaired) electrons. The third-order valence-electron chi connectivity index (χ3n) is 3.08. The molecule has 7 heteroatoms. The molecule has 0 saturated carbocycles. The van der Waals surface area contributed by atoms with Gasteiger partial charge in [0.15, 0.2) is 23.3 Å². The summed E-state index contributed by atoms with van der Waals surface area (Å²) >= 11 is 0. The Balaban J connectivity index is 2.35. The van der Waals surface area contributed by atoms with Crippen molar-refractivity contribution in [2.45, 2.75) is 13.0 Å². The second-order valence-electron chi connectivity index (χ2n) is 4.55. The molecule has 0 saturated heterocycles. The quantitative estimate of drug-likeness (QED) is 0.520. The standard InChI is InChI=1S/C15H10F5NO/c1-7(8-5-3-2-4-6-8)21-15(22)9-10(16)12(18)14(20)13(19)11(9)17/h2-7H,1H3,(H,21,22). The smallest absolute Gasteiger partial charge is 0.257 e. The molecule has 22 heavy (non-hydrogen) atoms. The van der Waals surface area contributed by atoms with Gasteiger partial charge in [0.1, 0.15) is 5.56 Å². The minimum absolute atomic E-state index is 0.611. The highest BCUT2D eigenvalue weighted by Gasteiger charge is 2.30. The number of carbonyl (C=O) groups is 1. The van der Waals surface area contributed by atoms with E-state index < -0.39 is 46.6 Å². The highest BCUT2D eigenvalue weighted by atomic mass is 19.2. The highest BCUT2D eigenvalue weighted by molar-refractivity contribution is 5.95. The Bertz CT molecular complexity index is 689. The maximum Gasteiger partial charge on any atom is 0.257 e. The van der Waals surface area contributed by atoms with Crippen molar-refractivity contribution < 1.29 is 26.7 Å². The highest BCUT2D eigenvalue weighted by Crippen LogP contribution is 2.23. The van der Waals surface area contributed by atoms with Crippen LogP contribution in [-0.2, 0) is 0 Å². The van der Waals surface area contributed by atoms with E-state index in [0.717, 1.165) is 0 Å². The predicted molar refractivity (Wildman–Crippen MR) is 68.6 cm³/mol. The van der Waals surface area contributed by atoms with E-state index in [2.05, 4.69) is 5.32 Å². The largest absolute Gasteiger partial charge is 0.345 e. The molecule has 1 atom stereocenters. The fourth-order valence-corrected chi connectivity index (χ4v) is 1.90. The SMILES string of the molecule is CC(NC(=O)c1c(F)c(F)c(F)c(F)c1F)c1ccccc1. The van der Waals surface area contributed by atoms with Crippen LogP contribution in [0.2, 0.25) is 0 Å². The van der Waals surface area contributed by atoms with Crippen LogP contribution in [-0.4, -0.2) is 5.91 Å². The van der Waals surface area contributed by atoms with E-state index in [1.165, 1.54) is 6.92 Å². The summed E-state index contributed by atoms with van der Waals surface area (Å²) in [5.74, 6) is -12.3. The number of amides is 1. The molecule has 2 aromatic carbocycles. The number of carbonyl (C=O) groups excluding carboxylic acids is 1. The van der Waals surface area contributed by atoms with Gasteiger partial charge in [-0.2, -0.15) is 0 Å². The van der Waals surface area contributed by atoms with Gasteiger partial charge in [-0.25, -0.2) is 22.0 Å². The van der Waals surface area contributed by atoms with Crippen LogP contribution in [0.1, 0.15) is 28.9 Å². The minimum atomic E-state index is -2.30. The lowest BCUT2D eigenvalue weighted by Gasteiger charge is -2.15. The molecule has 0 bridgehead atoms. The molecule has 0 spiro atoms. The molecule has 2 rings (SSSR count). The van der Waals surface area contributed by atoms with Gasteiger partial charge in [-0.1, -0.05) is 30.3 Å². The number of nitrogens with one attached hydrogen (secondary N) is 1. The first-order valence-corrected chi connectivity index (χ1v) is 6.21. The van der Waals surface area contributed by atoms with E-state index in [9.17, 15) is 26.7 Å². The Hall–Kier alpha value is -2.44. The maximum absolute atomic E-state index is 13.5. The summed E-state index contributed by atoms with van der Waals surface area (Å²) in [5, 5.41) is 2.19. The number of hydrogen-bond donors (Lipinski definition) is 1. The van der Waals surface area contributed by atoms with E-state index in [-0.39, 0.29) is 0 Å². The molecule has 2 aromatic rings. The van der Waals surface area contributed by atoms with E-state index in [1.54, 1.807) is 30.3 Å². The van der Waals surface area contributed by atoms with Crippen molar-refractivity contribution in [1.82, 2.24) is 5.32 Å². The lowest BCUT2D eigenvalue weighted by molar-refractivity contribution is 0.0928. The fourth-order valence-electron chi connectivity index (χ4n) is 1.90. The van der Waals surface area contributed by atoms with Gasteiger partial charge in [0.05, 0.1) is 6.04 Å². The Morgan fingerprint density at radius 3 is 1.82 bits per heavy atom. The summed E-state index contributed by atoms with van der Waals surface area (Å²) in [6, 6.07) is 7.69. The molecule has 0 fully saturated rings. The molecule has 116 valence electrons. The van der Waals surface area contributed by atoms with Gasteiger partial charge < -0.3 is 5.32 Å². The van der Waals surface area contributed by atoms with Crippen molar-refractivity contribution in [1.29, 1.82) is 0 Å². The number of halogens is 5. The topological polar surface area (TPSA) is 29.1 Å². The lowest BCUT2D eigenvalue weighted by atomic mass is 10.1. The summed E-state index contributed by atoms with van der Waals surface area (Å²) in [6.07, 6.45) is 0. The summed E-state index contributed by atoms with van der Waals surface area (Å²) in [4.78, 5) is 11.8. The Kier molecular flexibility index (Phi) is 4.44. The monoisotopic (exact) mass is 315 g/mol. The van der Waals surface area contributed by atoms with Crippen LogP contribution in [0.5, 0.6) is 0 Å². The van der Waals surface area contributed by atoms with E-state index in [1.807, 2.05) is 0 Å². The molecule has 2 nitrogen and oxygen atoms in total. The Morgan fingerprint density at radius 2 is 1.32 bits per heavy atom. The molecule has 1 amide bonds. The van der Waals surface area contributed by atoms with Gasteiger partial charge >= 0.3 is 0 Å². The second-order valence-corrected chi connectivity index (χ2v) is 4.55. The van der Waals surface area contributed by atoms with Crippen LogP contribution in [0.15, 0.2) is 30.3 Å². The Labute approximate surface area is 122 Å². The van der Waals surface area contributed by atoms with Crippen molar-refractivity contribution in [3.05, 3.63) is 70.5 Å². The van der Waals surface area contributed by atoms with Crippen LogP contribution >= 0.6 is 0 Å². The zero-order chi connectivity index (χ0) is 16.4. The van der Waals surface area contributed by atoms with E-state index in [4.69, 9.17) is 0 Å². The summed E-state index contributed by atoms with van der Waals surface area (Å²) in [5.41, 5.74) is -0.890. The lowest BCUT2D eigenvalue weighted by Crippen LogP contribution is -2.29. The van der Waals surface area contributed by atoms with Gasteiger partial charge in [-0.05, 0) is 12.5 Å².